The molecule has 7 heteroatoms. The molecule has 0 radical (unpaired) electrons. The molecule has 3 N–H and O–H groups in total. The Hall–Kier alpha value is -1.85. The number of nitrogens with zero attached hydrogens (tertiary/aromatic N) is 2. The Morgan fingerprint density at radius 2 is 2.00 bits per heavy atom. The Bertz CT molecular complexity index is 632. The number of anilines is 1. The number of carboxylic acid groups (broad SMARTS) is 1. The first-order chi connectivity index (χ1) is 8.49. The smallest absolute Gasteiger partial charge is 0.354 e. The Labute approximate surface area is 112 Å². The van der Waals surface area contributed by atoms with Crippen LogP contribution in [0.15, 0.2) is 24.3 Å². The van der Waals surface area contributed by atoms with Gasteiger partial charge in [-0.1, -0.05) is 29.3 Å². The molecule has 92 valence electrons. The van der Waals surface area contributed by atoms with Gasteiger partial charge >= 0.3 is 5.97 Å². The number of aromatic carboxylic acids is 1. The fourth-order valence-corrected chi connectivity index (χ4v) is 1.76. The Morgan fingerprint density at radius 3 is 2.67 bits per heavy atom. The quantitative estimate of drug-likeness (QED) is 0.885. The number of nitrogen functional groups attached to an aromatic ring is 1. The molecule has 5 nitrogen and oxygen atoms in total. The van der Waals surface area contributed by atoms with Crippen molar-refractivity contribution in [3.05, 3.63) is 40.0 Å². The molecule has 0 unspecified atom stereocenters. The molecule has 0 saturated carbocycles. The largest absolute Gasteiger partial charge is 0.477 e. The number of aromatic nitrogens is 2. The van der Waals surface area contributed by atoms with Crippen LogP contribution in [0.1, 0.15) is 10.5 Å². The van der Waals surface area contributed by atoms with Crippen molar-refractivity contribution < 1.29 is 9.90 Å². The summed E-state index contributed by atoms with van der Waals surface area (Å²) >= 11 is 11.9. The van der Waals surface area contributed by atoms with E-state index in [-0.39, 0.29) is 22.4 Å². The van der Waals surface area contributed by atoms with Crippen LogP contribution in [0.2, 0.25) is 10.0 Å². The lowest BCUT2D eigenvalue weighted by Crippen LogP contribution is -2.05. The maximum atomic E-state index is 10.9. The van der Waals surface area contributed by atoms with Crippen LogP contribution in [-0.2, 0) is 0 Å². The number of carboxylic acids is 1. The van der Waals surface area contributed by atoms with Gasteiger partial charge in [0.05, 0.1) is 10.0 Å². The number of hydrogen-bond donors (Lipinski definition) is 2. The second kappa shape index (κ2) is 4.80. The molecule has 0 spiro atoms. The van der Waals surface area contributed by atoms with Gasteiger partial charge in [-0.05, 0) is 12.1 Å². The van der Waals surface area contributed by atoms with Crippen LogP contribution in [0.4, 0.5) is 5.82 Å². The van der Waals surface area contributed by atoms with E-state index in [9.17, 15) is 4.79 Å². The summed E-state index contributed by atoms with van der Waals surface area (Å²) in [4.78, 5) is 18.7. The van der Waals surface area contributed by atoms with Crippen LogP contribution >= 0.6 is 23.2 Å². The molecule has 1 heterocycles. The topological polar surface area (TPSA) is 89.1 Å². The SMILES string of the molecule is Nc1cc(C(=O)O)nc(-c2cccc(Cl)c2Cl)n1. The van der Waals surface area contributed by atoms with E-state index in [0.29, 0.717) is 10.6 Å². The molecule has 0 aliphatic rings. The number of rotatable bonds is 2. The summed E-state index contributed by atoms with van der Waals surface area (Å²) in [6.07, 6.45) is 0. The molecule has 0 bridgehead atoms. The van der Waals surface area contributed by atoms with Crippen LogP contribution in [0.3, 0.4) is 0 Å². The Morgan fingerprint density at radius 1 is 1.28 bits per heavy atom. The van der Waals surface area contributed by atoms with Crippen molar-refractivity contribution in [2.45, 2.75) is 0 Å². The number of nitrogens with two attached hydrogens (primary N) is 1. The second-order valence-electron chi connectivity index (χ2n) is 3.41. The summed E-state index contributed by atoms with van der Waals surface area (Å²) in [5.74, 6) is -1.02. The third-order valence-electron chi connectivity index (χ3n) is 2.16. The Balaban J connectivity index is 2.64. The van der Waals surface area contributed by atoms with Crippen molar-refractivity contribution >= 4 is 35.0 Å². The zero-order chi connectivity index (χ0) is 13.3. The molecule has 0 aliphatic carbocycles. The van der Waals surface area contributed by atoms with E-state index in [1.54, 1.807) is 18.2 Å². The summed E-state index contributed by atoms with van der Waals surface area (Å²) in [6, 6.07) is 6.08. The fraction of sp³-hybridized carbons (Fsp3) is 0. The molecule has 0 atom stereocenters. The highest BCUT2D eigenvalue weighted by Gasteiger charge is 2.14. The predicted molar refractivity (Wildman–Crippen MR) is 68.9 cm³/mol. The number of benzene rings is 1. The molecular weight excluding hydrogens is 277 g/mol. The molecule has 2 aromatic rings. The van der Waals surface area contributed by atoms with Crippen LogP contribution in [0.25, 0.3) is 11.4 Å². The lowest BCUT2D eigenvalue weighted by Gasteiger charge is -2.06. The van der Waals surface area contributed by atoms with E-state index in [4.69, 9.17) is 34.0 Å². The molecule has 0 fully saturated rings. The number of hydrogen-bond acceptors (Lipinski definition) is 4. The second-order valence-corrected chi connectivity index (χ2v) is 4.19. The first-order valence-corrected chi connectivity index (χ1v) is 5.57. The van der Waals surface area contributed by atoms with E-state index in [1.807, 2.05) is 0 Å². The molecule has 1 aromatic carbocycles. The van der Waals surface area contributed by atoms with Gasteiger partial charge in [-0.15, -0.1) is 0 Å². The highest BCUT2D eigenvalue weighted by molar-refractivity contribution is 6.43. The highest BCUT2D eigenvalue weighted by Crippen LogP contribution is 2.31. The van der Waals surface area contributed by atoms with Gasteiger partial charge in [0.1, 0.15) is 5.82 Å². The van der Waals surface area contributed by atoms with E-state index in [2.05, 4.69) is 9.97 Å². The summed E-state index contributed by atoms with van der Waals surface area (Å²) in [5.41, 5.74) is 5.76. The maximum absolute atomic E-state index is 10.9. The number of carbonyl (C=O) groups is 1. The minimum atomic E-state index is -1.19. The van der Waals surface area contributed by atoms with Crippen molar-refractivity contribution in [3.63, 3.8) is 0 Å². The molecular formula is C11H7Cl2N3O2. The third kappa shape index (κ3) is 2.37. The van der Waals surface area contributed by atoms with Crippen LogP contribution < -0.4 is 5.73 Å². The van der Waals surface area contributed by atoms with Gasteiger partial charge in [0.25, 0.3) is 0 Å². The fourth-order valence-electron chi connectivity index (χ4n) is 1.37. The van der Waals surface area contributed by atoms with Crippen LogP contribution in [0.5, 0.6) is 0 Å². The van der Waals surface area contributed by atoms with Crippen LogP contribution in [0, 0.1) is 0 Å². The standard InChI is InChI=1S/C11H7Cl2N3O2/c12-6-3-1-2-5(9(6)13)10-15-7(11(17)18)4-8(14)16-10/h1-4H,(H,17,18)(H2,14,15,16). The summed E-state index contributed by atoms with van der Waals surface area (Å²) in [6.45, 7) is 0. The molecule has 0 saturated heterocycles. The summed E-state index contributed by atoms with van der Waals surface area (Å²) in [7, 11) is 0. The summed E-state index contributed by atoms with van der Waals surface area (Å²) < 4.78 is 0. The molecule has 2 rings (SSSR count). The molecule has 18 heavy (non-hydrogen) atoms. The van der Waals surface area contributed by atoms with Crippen molar-refractivity contribution in [2.24, 2.45) is 0 Å². The van der Waals surface area contributed by atoms with E-state index in [1.165, 1.54) is 6.07 Å². The molecule has 1 aromatic heterocycles. The number of halogens is 2. The van der Waals surface area contributed by atoms with E-state index < -0.39 is 5.97 Å². The van der Waals surface area contributed by atoms with Gasteiger partial charge in [-0.3, -0.25) is 0 Å². The highest BCUT2D eigenvalue weighted by atomic mass is 35.5. The minimum Gasteiger partial charge on any atom is -0.477 e. The van der Waals surface area contributed by atoms with E-state index in [0.717, 1.165) is 0 Å². The third-order valence-corrected chi connectivity index (χ3v) is 2.98. The normalized spacial score (nSPS) is 10.3. The van der Waals surface area contributed by atoms with Gasteiger partial charge in [0.2, 0.25) is 0 Å². The zero-order valence-electron chi connectivity index (χ0n) is 8.89. The minimum absolute atomic E-state index is 0.0495. The van der Waals surface area contributed by atoms with Gasteiger partial charge in [-0.2, -0.15) is 0 Å². The van der Waals surface area contributed by atoms with Crippen molar-refractivity contribution in [1.29, 1.82) is 0 Å². The predicted octanol–water partition coefficient (Wildman–Crippen LogP) is 2.73. The molecule has 0 amide bonds. The first-order valence-electron chi connectivity index (χ1n) is 4.81. The van der Waals surface area contributed by atoms with Gasteiger partial charge in [0.15, 0.2) is 11.5 Å². The van der Waals surface area contributed by atoms with Gasteiger partial charge in [0, 0.05) is 11.6 Å². The van der Waals surface area contributed by atoms with Gasteiger partial charge in [-0.25, -0.2) is 14.8 Å². The van der Waals surface area contributed by atoms with Gasteiger partial charge < -0.3 is 10.8 Å². The average Bonchev–Trinajstić information content (AvgIpc) is 2.31. The molecule has 0 aliphatic heterocycles. The zero-order valence-corrected chi connectivity index (χ0v) is 10.4. The summed E-state index contributed by atoms with van der Waals surface area (Å²) in [5, 5.41) is 9.48. The van der Waals surface area contributed by atoms with E-state index >= 15 is 0 Å². The van der Waals surface area contributed by atoms with Crippen molar-refractivity contribution in [1.82, 2.24) is 9.97 Å². The average molecular weight is 284 g/mol. The Kier molecular flexibility index (Phi) is 3.36. The first kappa shape index (κ1) is 12.6. The lowest BCUT2D eigenvalue weighted by atomic mass is 10.2. The monoisotopic (exact) mass is 283 g/mol. The lowest BCUT2D eigenvalue weighted by molar-refractivity contribution is 0.0690. The maximum Gasteiger partial charge on any atom is 0.354 e. The van der Waals surface area contributed by atoms with Crippen molar-refractivity contribution in [2.75, 3.05) is 5.73 Å². The van der Waals surface area contributed by atoms with Crippen molar-refractivity contribution in [3.8, 4) is 11.4 Å². The van der Waals surface area contributed by atoms with Crippen LogP contribution in [-0.4, -0.2) is 21.0 Å².